The number of thiol groups is 1. The van der Waals surface area contributed by atoms with Crippen molar-refractivity contribution in [1.82, 2.24) is 0 Å². The molecule has 0 radical (unpaired) electrons. The minimum Gasteiger partial charge on any atom is -0.495 e. The van der Waals surface area contributed by atoms with Crippen LogP contribution < -0.4 is 10.1 Å². The Morgan fingerprint density at radius 3 is 2.77 bits per heavy atom. The molecule has 1 aromatic rings. The Labute approximate surface area is 88.6 Å². The smallest absolute Gasteiger partial charge is 0.137 e. The summed E-state index contributed by atoms with van der Waals surface area (Å²) in [5.41, 5.74) is 2.08. The lowest BCUT2D eigenvalue weighted by Crippen LogP contribution is -1.97. The maximum absolute atomic E-state index is 5.95. The van der Waals surface area contributed by atoms with Crippen LogP contribution in [0.25, 0.3) is 0 Å². The molecule has 0 fully saturated rings. The first-order valence-electron chi connectivity index (χ1n) is 3.88. The molecule has 0 amide bonds. The van der Waals surface area contributed by atoms with Crippen LogP contribution in [0.3, 0.4) is 0 Å². The van der Waals surface area contributed by atoms with E-state index in [1.165, 1.54) is 0 Å². The standard InChI is InChI=1S/C9H12ClNOS/c1-6-3-9(12-2)7(10)4-8(6)11-5-13/h3-4,11,13H,5H2,1-2H3. The van der Waals surface area contributed by atoms with Gasteiger partial charge in [0, 0.05) is 5.69 Å². The number of methoxy groups -OCH3 is 1. The number of nitrogens with one attached hydrogen (secondary N) is 1. The van der Waals surface area contributed by atoms with Crippen LogP contribution in [-0.4, -0.2) is 13.0 Å². The number of rotatable bonds is 3. The maximum atomic E-state index is 5.95. The summed E-state index contributed by atoms with van der Waals surface area (Å²) in [5, 5.41) is 3.70. The van der Waals surface area contributed by atoms with Gasteiger partial charge in [0.15, 0.2) is 0 Å². The average molecular weight is 218 g/mol. The Kier molecular flexibility index (Phi) is 3.75. The fraction of sp³-hybridized carbons (Fsp3) is 0.333. The molecule has 0 bridgehead atoms. The van der Waals surface area contributed by atoms with E-state index in [-0.39, 0.29) is 0 Å². The fourth-order valence-corrected chi connectivity index (χ4v) is 1.50. The summed E-state index contributed by atoms with van der Waals surface area (Å²) in [7, 11) is 1.60. The highest BCUT2D eigenvalue weighted by atomic mass is 35.5. The van der Waals surface area contributed by atoms with Gasteiger partial charge in [0.25, 0.3) is 0 Å². The van der Waals surface area contributed by atoms with E-state index in [1.54, 1.807) is 7.11 Å². The molecule has 0 unspecified atom stereocenters. The number of halogens is 1. The second-order valence-corrected chi connectivity index (χ2v) is 3.36. The van der Waals surface area contributed by atoms with Crippen LogP contribution >= 0.6 is 24.2 Å². The highest BCUT2D eigenvalue weighted by Crippen LogP contribution is 2.30. The monoisotopic (exact) mass is 217 g/mol. The molecule has 0 atom stereocenters. The van der Waals surface area contributed by atoms with E-state index in [1.807, 2.05) is 19.1 Å². The second kappa shape index (κ2) is 4.63. The summed E-state index contributed by atoms with van der Waals surface area (Å²) in [4.78, 5) is 0. The molecular weight excluding hydrogens is 206 g/mol. The summed E-state index contributed by atoms with van der Waals surface area (Å²) in [6, 6.07) is 3.74. The van der Waals surface area contributed by atoms with Gasteiger partial charge in [-0.1, -0.05) is 11.6 Å². The lowest BCUT2D eigenvalue weighted by Gasteiger charge is -2.10. The van der Waals surface area contributed by atoms with Gasteiger partial charge in [0.1, 0.15) is 5.75 Å². The average Bonchev–Trinajstić information content (AvgIpc) is 2.11. The SMILES string of the molecule is COc1cc(C)c(NCS)cc1Cl. The zero-order chi connectivity index (χ0) is 9.84. The molecule has 0 heterocycles. The van der Waals surface area contributed by atoms with Gasteiger partial charge >= 0.3 is 0 Å². The van der Waals surface area contributed by atoms with E-state index >= 15 is 0 Å². The molecule has 0 aromatic heterocycles. The third-order valence-electron chi connectivity index (χ3n) is 1.77. The lowest BCUT2D eigenvalue weighted by atomic mass is 10.2. The quantitative estimate of drug-likeness (QED) is 0.600. The van der Waals surface area contributed by atoms with Crippen molar-refractivity contribution in [1.29, 1.82) is 0 Å². The van der Waals surface area contributed by atoms with Crippen molar-refractivity contribution in [3.63, 3.8) is 0 Å². The van der Waals surface area contributed by atoms with Crippen LogP contribution in [0.15, 0.2) is 12.1 Å². The van der Waals surface area contributed by atoms with Crippen LogP contribution in [0.1, 0.15) is 5.56 Å². The molecule has 1 rings (SSSR count). The van der Waals surface area contributed by atoms with Crippen molar-refractivity contribution in [2.75, 3.05) is 18.3 Å². The first-order chi connectivity index (χ1) is 6.19. The van der Waals surface area contributed by atoms with Gasteiger partial charge in [-0.3, -0.25) is 0 Å². The Balaban J connectivity index is 3.05. The summed E-state index contributed by atoms with van der Waals surface area (Å²) in [5.74, 6) is 1.28. The van der Waals surface area contributed by atoms with Crippen LogP contribution in [-0.2, 0) is 0 Å². The highest BCUT2D eigenvalue weighted by molar-refractivity contribution is 7.80. The predicted octanol–water partition coefficient (Wildman–Crippen LogP) is 2.96. The molecular formula is C9H12ClNOS. The van der Waals surface area contributed by atoms with Gasteiger partial charge < -0.3 is 10.1 Å². The first kappa shape index (κ1) is 10.5. The number of ether oxygens (including phenoxy) is 1. The van der Waals surface area contributed by atoms with E-state index in [4.69, 9.17) is 16.3 Å². The van der Waals surface area contributed by atoms with Crippen LogP contribution in [0.4, 0.5) is 5.69 Å². The summed E-state index contributed by atoms with van der Waals surface area (Å²) < 4.78 is 5.08. The molecule has 0 aliphatic rings. The van der Waals surface area contributed by atoms with Gasteiger partial charge in [-0.15, -0.1) is 0 Å². The molecule has 13 heavy (non-hydrogen) atoms. The zero-order valence-electron chi connectivity index (χ0n) is 7.60. The number of hydrogen-bond donors (Lipinski definition) is 2. The molecule has 0 saturated heterocycles. The third-order valence-corrected chi connectivity index (χ3v) is 2.22. The van der Waals surface area contributed by atoms with E-state index in [9.17, 15) is 0 Å². The van der Waals surface area contributed by atoms with Gasteiger partial charge in [-0.25, -0.2) is 0 Å². The van der Waals surface area contributed by atoms with Crippen molar-refractivity contribution < 1.29 is 4.74 Å². The number of benzene rings is 1. The minimum absolute atomic E-state index is 0.587. The third kappa shape index (κ3) is 2.45. The topological polar surface area (TPSA) is 21.3 Å². The Morgan fingerprint density at radius 2 is 2.23 bits per heavy atom. The van der Waals surface area contributed by atoms with E-state index in [2.05, 4.69) is 17.9 Å². The molecule has 2 nitrogen and oxygen atoms in total. The van der Waals surface area contributed by atoms with Gasteiger partial charge in [0.05, 0.1) is 18.0 Å². The largest absolute Gasteiger partial charge is 0.495 e. The van der Waals surface area contributed by atoms with E-state index in [0.29, 0.717) is 16.6 Å². The Hall–Kier alpha value is -0.540. The number of anilines is 1. The molecule has 72 valence electrons. The van der Waals surface area contributed by atoms with Crippen LogP contribution in [0, 0.1) is 6.92 Å². The summed E-state index contributed by atoms with van der Waals surface area (Å²) in [6.07, 6.45) is 0. The number of aryl methyl sites for hydroxylation is 1. The van der Waals surface area contributed by atoms with Crippen molar-refractivity contribution >= 4 is 29.9 Å². The first-order valence-corrected chi connectivity index (χ1v) is 4.89. The Bertz CT molecular complexity index is 304. The fourth-order valence-electron chi connectivity index (χ4n) is 1.09. The normalized spacial score (nSPS) is 9.85. The number of hydrogen-bond acceptors (Lipinski definition) is 3. The van der Waals surface area contributed by atoms with Gasteiger partial charge in [0.2, 0.25) is 0 Å². The van der Waals surface area contributed by atoms with E-state index in [0.717, 1.165) is 11.3 Å². The minimum atomic E-state index is 0.587. The predicted molar refractivity (Wildman–Crippen MR) is 60.2 cm³/mol. The Morgan fingerprint density at radius 1 is 1.54 bits per heavy atom. The van der Waals surface area contributed by atoms with Crippen molar-refractivity contribution in [3.8, 4) is 5.75 Å². The van der Waals surface area contributed by atoms with Crippen molar-refractivity contribution in [3.05, 3.63) is 22.7 Å². The summed E-state index contributed by atoms with van der Waals surface area (Å²) >= 11 is 10.0. The molecule has 0 spiro atoms. The van der Waals surface area contributed by atoms with Crippen LogP contribution in [0.5, 0.6) is 5.75 Å². The van der Waals surface area contributed by atoms with Crippen molar-refractivity contribution in [2.45, 2.75) is 6.92 Å². The molecule has 1 aromatic carbocycles. The van der Waals surface area contributed by atoms with Crippen LogP contribution in [0.2, 0.25) is 5.02 Å². The van der Waals surface area contributed by atoms with Crippen molar-refractivity contribution in [2.24, 2.45) is 0 Å². The molecule has 0 aliphatic heterocycles. The van der Waals surface area contributed by atoms with Gasteiger partial charge in [-0.05, 0) is 24.6 Å². The maximum Gasteiger partial charge on any atom is 0.137 e. The second-order valence-electron chi connectivity index (χ2n) is 2.64. The lowest BCUT2D eigenvalue weighted by molar-refractivity contribution is 0.415. The van der Waals surface area contributed by atoms with E-state index < -0.39 is 0 Å². The zero-order valence-corrected chi connectivity index (χ0v) is 9.25. The molecule has 0 saturated carbocycles. The summed E-state index contributed by atoms with van der Waals surface area (Å²) in [6.45, 7) is 1.99. The van der Waals surface area contributed by atoms with Gasteiger partial charge in [-0.2, -0.15) is 12.6 Å². The molecule has 1 N–H and O–H groups in total. The molecule has 0 aliphatic carbocycles. The molecule has 4 heteroatoms. The highest BCUT2D eigenvalue weighted by Gasteiger charge is 2.04.